The summed E-state index contributed by atoms with van der Waals surface area (Å²) >= 11 is 1.46. The zero-order valence-corrected chi connectivity index (χ0v) is 19.4. The van der Waals surface area contributed by atoms with E-state index in [-0.39, 0.29) is 11.9 Å². The first-order chi connectivity index (χ1) is 15.5. The van der Waals surface area contributed by atoms with Gasteiger partial charge in [0.2, 0.25) is 5.95 Å². The van der Waals surface area contributed by atoms with E-state index in [4.69, 9.17) is 9.97 Å². The minimum Gasteiger partial charge on any atom is -0.329 e. The molecule has 0 bridgehead atoms. The highest BCUT2D eigenvalue weighted by molar-refractivity contribution is 7.13. The number of carbonyl (C=O) groups excluding carboxylic acids is 1. The van der Waals surface area contributed by atoms with E-state index in [9.17, 15) is 4.79 Å². The summed E-state index contributed by atoms with van der Waals surface area (Å²) in [6.07, 6.45) is 6.39. The Balaban J connectivity index is 1.44. The molecule has 1 aliphatic carbocycles. The maximum Gasteiger partial charge on any atom is 0.251 e. The van der Waals surface area contributed by atoms with Gasteiger partial charge in [-0.25, -0.2) is 9.97 Å². The van der Waals surface area contributed by atoms with Gasteiger partial charge in [0, 0.05) is 42.5 Å². The lowest BCUT2D eigenvalue weighted by molar-refractivity contribution is -0.119. The summed E-state index contributed by atoms with van der Waals surface area (Å²) in [6.45, 7) is 5.02. The highest BCUT2D eigenvalue weighted by Crippen LogP contribution is 2.33. The van der Waals surface area contributed by atoms with Crippen molar-refractivity contribution in [3.63, 3.8) is 0 Å². The number of likely N-dealkylation sites (N-methyl/N-ethyl adjacent to an activating group) is 1. The van der Waals surface area contributed by atoms with E-state index in [1.54, 1.807) is 18.1 Å². The minimum absolute atomic E-state index is 0.0323. The summed E-state index contributed by atoms with van der Waals surface area (Å²) in [5, 5.41) is 13.5. The van der Waals surface area contributed by atoms with Crippen LogP contribution >= 0.6 is 11.3 Å². The predicted molar refractivity (Wildman–Crippen MR) is 126 cm³/mol. The third-order valence-corrected chi connectivity index (χ3v) is 7.07. The highest BCUT2D eigenvalue weighted by atomic mass is 32.1. The molecular weight excluding hydrogens is 424 g/mol. The molecule has 168 valence electrons. The quantitative estimate of drug-likeness (QED) is 0.588. The van der Waals surface area contributed by atoms with Crippen LogP contribution in [0.3, 0.4) is 0 Å². The standard InChI is InChI=1S/C22H28N8OS/c1-13(2)16-12-18(28-27-16)25-19-14-6-4-7-15(14)24-21(26-19)30-10-5-8-17(30)20(31)29(3)22-23-9-11-32-22/h9,11-13,17H,4-8,10H2,1-3H3,(H2,24,25,26,27,28). The van der Waals surface area contributed by atoms with E-state index in [1.165, 1.54) is 11.3 Å². The summed E-state index contributed by atoms with van der Waals surface area (Å²) in [5.74, 6) is 2.58. The monoisotopic (exact) mass is 452 g/mol. The highest BCUT2D eigenvalue weighted by Gasteiger charge is 2.36. The maximum atomic E-state index is 13.3. The van der Waals surface area contributed by atoms with Gasteiger partial charge in [-0.05, 0) is 38.0 Å². The fourth-order valence-electron chi connectivity index (χ4n) is 4.43. The second kappa shape index (κ2) is 8.50. The van der Waals surface area contributed by atoms with E-state index in [0.717, 1.165) is 67.2 Å². The van der Waals surface area contributed by atoms with Crippen LogP contribution in [0.25, 0.3) is 0 Å². The predicted octanol–water partition coefficient (Wildman–Crippen LogP) is 3.64. The lowest BCUT2D eigenvalue weighted by Crippen LogP contribution is -2.45. The summed E-state index contributed by atoms with van der Waals surface area (Å²) in [7, 11) is 1.79. The van der Waals surface area contributed by atoms with Gasteiger partial charge in [0.25, 0.3) is 5.91 Å². The van der Waals surface area contributed by atoms with Crippen molar-refractivity contribution in [1.82, 2.24) is 25.1 Å². The molecule has 1 atom stereocenters. The molecule has 2 aliphatic rings. The van der Waals surface area contributed by atoms with Gasteiger partial charge in [-0.3, -0.25) is 14.8 Å². The van der Waals surface area contributed by atoms with Crippen molar-refractivity contribution >= 4 is 40.0 Å². The molecule has 0 spiro atoms. The topological polar surface area (TPSA) is 103 Å². The van der Waals surface area contributed by atoms with Gasteiger partial charge in [-0.2, -0.15) is 10.1 Å². The van der Waals surface area contributed by atoms with Gasteiger partial charge < -0.3 is 10.2 Å². The SMILES string of the molecule is CC(C)c1cc(Nc2nc(N3CCCC3C(=O)N(C)c3nccs3)nc3c2CCC3)n[nH]1. The van der Waals surface area contributed by atoms with Crippen molar-refractivity contribution in [2.75, 3.05) is 28.7 Å². The van der Waals surface area contributed by atoms with Crippen LogP contribution in [0.4, 0.5) is 22.7 Å². The first-order valence-corrected chi connectivity index (χ1v) is 12.0. The summed E-state index contributed by atoms with van der Waals surface area (Å²) in [6, 6.07) is 1.74. The molecule has 10 heteroatoms. The number of nitrogens with zero attached hydrogens (tertiary/aromatic N) is 6. The van der Waals surface area contributed by atoms with E-state index in [1.807, 2.05) is 11.4 Å². The Labute approximate surface area is 191 Å². The minimum atomic E-state index is -0.283. The number of nitrogens with one attached hydrogen (secondary N) is 2. The Morgan fingerprint density at radius 1 is 1.31 bits per heavy atom. The fourth-order valence-corrected chi connectivity index (χ4v) is 5.04. The Morgan fingerprint density at radius 3 is 2.94 bits per heavy atom. The third kappa shape index (κ3) is 3.83. The Kier molecular flexibility index (Phi) is 5.54. The Morgan fingerprint density at radius 2 is 2.19 bits per heavy atom. The van der Waals surface area contributed by atoms with Gasteiger partial charge in [0.15, 0.2) is 10.9 Å². The molecule has 2 N–H and O–H groups in total. The van der Waals surface area contributed by atoms with Crippen molar-refractivity contribution in [2.24, 2.45) is 0 Å². The van der Waals surface area contributed by atoms with E-state index >= 15 is 0 Å². The molecule has 1 unspecified atom stereocenters. The molecule has 1 aliphatic heterocycles. The molecule has 9 nitrogen and oxygen atoms in total. The van der Waals surface area contributed by atoms with Crippen molar-refractivity contribution in [1.29, 1.82) is 0 Å². The molecule has 1 amide bonds. The Bertz CT molecular complexity index is 1110. The molecule has 4 heterocycles. The fraction of sp³-hybridized carbons (Fsp3) is 0.500. The lowest BCUT2D eigenvalue weighted by Gasteiger charge is -2.27. The van der Waals surface area contributed by atoms with Crippen molar-refractivity contribution in [3.05, 3.63) is 34.6 Å². The number of aromatic amines is 1. The van der Waals surface area contributed by atoms with Crippen LogP contribution in [0.2, 0.25) is 0 Å². The molecule has 1 saturated heterocycles. The molecule has 32 heavy (non-hydrogen) atoms. The number of aryl methyl sites for hydroxylation is 1. The van der Waals surface area contributed by atoms with Crippen molar-refractivity contribution in [3.8, 4) is 0 Å². The molecule has 0 aromatic carbocycles. The molecule has 0 saturated carbocycles. The molecular formula is C22H28N8OS. The number of amides is 1. The number of H-pyrrole nitrogens is 1. The number of fused-ring (bicyclic) bond motifs is 1. The number of aromatic nitrogens is 5. The number of hydrogen-bond acceptors (Lipinski definition) is 8. The second-order valence-corrected chi connectivity index (χ2v) is 9.58. The van der Waals surface area contributed by atoms with Crippen LogP contribution in [0.15, 0.2) is 17.6 Å². The van der Waals surface area contributed by atoms with Gasteiger partial charge in [0.1, 0.15) is 11.9 Å². The number of thiazole rings is 1. The van der Waals surface area contributed by atoms with Crippen LogP contribution in [0, 0.1) is 0 Å². The molecule has 0 radical (unpaired) electrons. The zero-order valence-electron chi connectivity index (χ0n) is 18.6. The molecule has 5 rings (SSSR count). The third-order valence-electron chi connectivity index (χ3n) is 6.22. The number of rotatable bonds is 6. The van der Waals surface area contributed by atoms with Crippen LogP contribution in [0.1, 0.15) is 56.0 Å². The smallest absolute Gasteiger partial charge is 0.251 e. The van der Waals surface area contributed by atoms with Gasteiger partial charge >= 0.3 is 0 Å². The number of anilines is 4. The average Bonchev–Trinajstić information content (AvgIpc) is 3.58. The Hall–Kier alpha value is -3.01. The van der Waals surface area contributed by atoms with Gasteiger partial charge in [0.05, 0.1) is 5.69 Å². The van der Waals surface area contributed by atoms with Crippen molar-refractivity contribution < 1.29 is 4.79 Å². The first-order valence-electron chi connectivity index (χ1n) is 11.2. The number of carbonyl (C=O) groups is 1. The normalized spacial score (nSPS) is 17.8. The first kappa shape index (κ1) is 20.9. The average molecular weight is 453 g/mol. The van der Waals surface area contributed by atoms with Crippen LogP contribution in [0.5, 0.6) is 0 Å². The lowest BCUT2D eigenvalue weighted by atomic mass is 10.1. The maximum absolute atomic E-state index is 13.3. The number of hydrogen-bond donors (Lipinski definition) is 2. The second-order valence-electron chi connectivity index (χ2n) is 8.70. The van der Waals surface area contributed by atoms with E-state index in [2.05, 4.69) is 39.2 Å². The molecule has 1 fully saturated rings. The largest absolute Gasteiger partial charge is 0.329 e. The summed E-state index contributed by atoms with van der Waals surface area (Å²) in [5.41, 5.74) is 3.31. The summed E-state index contributed by atoms with van der Waals surface area (Å²) in [4.78, 5) is 31.0. The van der Waals surface area contributed by atoms with E-state index < -0.39 is 0 Å². The zero-order chi connectivity index (χ0) is 22.2. The van der Waals surface area contributed by atoms with E-state index in [0.29, 0.717) is 17.0 Å². The van der Waals surface area contributed by atoms with Crippen LogP contribution in [-0.2, 0) is 17.6 Å². The van der Waals surface area contributed by atoms with Gasteiger partial charge in [-0.1, -0.05) is 13.8 Å². The van der Waals surface area contributed by atoms with Crippen molar-refractivity contribution in [2.45, 2.75) is 57.9 Å². The molecule has 3 aromatic rings. The van der Waals surface area contributed by atoms with Crippen LogP contribution < -0.4 is 15.1 Å². The van der Waals surface area contributed by atoms with Gasteiger partial charge in [-0.15, -0.1) is 11.3 Å². The molecule has 3 aromatic heterocycles. The van der Waals surface area contributed by atoms with Crippen LogP contribution in [-0.4, -0.2) is 50.7 Å². The summed E-state index contributed by atoms with van der Waals surface area (Å²) < 4.78 is 0.